The summed E-state index contributed by atoms with van der Waals surface area (Å²) in [4.78, 5) is 10.9. The molecule has 2 aromatic rings. The molecule has 1 aromatic carbocycles. The summed E-state index contributed by atoms with van der Waals surface area (Å²) in [5.74, 6) is -0.928. The molecule has 0 atom stereocenters. The molecule has 0 aliphatic heterocycles. The number of rotatable bonds is 1. The van der Waals surface area contributed by atoms with Gasteiger partial charge in [-0.25, -0.2) is 4.79 Å². The molecule has 0 radical (unpaired) electrons. The Bertz CT molecular complexity index is 557. The van der Waals surface area contributed by atoms with Crippen molar-refractivity contribution in [1.29, 1.82) is 0 Å². The van der Waals surface area contributed by atoms with Gasteiger partial charge in [0.25, 0.3) is 0 Å². The molecule has 0 amide bonds. The van der Waals surface area contributed by atoms with Crippen LogP contribution in [0, 0.1) is 6.92 Å². The summed E-state index contributed by atoms with van der Waals surface area (Å²) < 4.78 is 1.63. The van der Waals surface area contributed by atoms with Gasteiger partial charge in [-0.1, -0.05) is 11.6 Å². The number of hydrogen-bond donors (Lipinski definition) is 1. The van der Waals surface area contributed by atoms with E-state index in [9.17, 15) is 4.79 Å². The molecule has 1 N–H and O–H groups in total. The second kappa shape index (κ2) is 3.28. The first-order valence-electron chi connectivity index (χ1n) is 4.49. The lowest BCUT2D eigenvalue weighted by Crippen LogP contribution is -2.03. The van der Waals surface area contributed by atoms with E-state index in [2.05, 4.69) is 0 Å². The fourth-order valence-corrected chi connectivity index (χ4v) is 1.84. The number of carbonyl (C=O) groups is 1. The fourth-order valence-electron chi connectivity index (χ4n) is 1.68. The van der Waals surface area contributed by atoms with E-state index in [-0.39, 0.29) is 5.69 Å². The van der Waals surface area contributed by atoms with E-state index in [1.807, 2.05) is 13.0 Å². The van der Waals surface area contributed by atoms with Crippen LogP contribution in [0.1, 0.15) is 16.1 Å². The van der Waals surface area contributed by atoms with Gasteiger partial charge in [-0.2, -0.15) is 0 Å². The average molecular weight is 224 g/mol. The molecule has 0 saturated heterocycles. The van der Waals surface area contributed by atoms with Crippen LogP contribution in [0.15, 0.2) is 18.2 Å². The third kappa shape index (κ3) is 1.49. The largest absolute Gasteiger partial charge is 0.477 e. The lowest BCUT2D eigenvalue weighted by atomic mass is 10.2. The maximum atomic E-state index is 10.9. The Hall–Kier alpha value is -1.48. The van der Waals surface area contributed by atoms with Crippen molar-refractivity contribution in [2.45, 2.75) is 6.92 Å². The van der Waals surface area contributed by atoms with E-state index in [0.29, 0.717) is 5.02 Å². The van der Waals surface area contributed by atoms with Crippen LogP contribution in [0.25, 0.3) is 10.9 Å². The molecule has 0 saturated carbocycles. The minimum atomic E-state index is -0.928. The Morgan fingerprint density at radius 3 is 2.67 bits per heavy atom. The number of nitrogens with zero attached hydrogens (tertiary/aromatic N) is 1. The molecule has 0 bridgehead atoms. The summed E-state index contributed by atoms with van der Waals surface area (Å²) >= 11 is 5.99. The maximum absolute atomic E-state index is 10.9. The minimum Gasteiger partial charge on any atom is -0.477 e. The third-order valence-electron chi connectivity index (χ3n) is 2.54. The van der Waals surface area contributed by atoms with Gasteiger partial charge in [0.05, 0.1) is 0 Å². The van der Waals surface area contributed by atoms with Crippen molar-refractivity contribution in [3.05, 3.63) is 34.5 Å². The molecule has 0 fully saturated rings. The molecule has 1 aromatic heterocycles. The summed E-state index contributed by atoms with van der Waals surface area (Å²) in [5, 5.41) is 10.5. The van der Waals surface area contributed by atoms with Crippen molar-refractivity contribution < 1.29 is 9.90 Å². The van der Waals surface area contributed by atoms with Gasteiger partial charge in [-0.15, -0.1) is 0 Å². The van der Waals surface area contributed by atoms with Gasteiger partial charge in [-0.05, 0) is 30.7 Å². The van der Waals surface area contributed by atoms with Crippen LogP contribution in [0.2, 0.25) is 5.02 Å². The number of halogens is 1. The number of aryl methyl sites for hydroxylation is 2. The molecule has 0 unspecified atom stereocenters. The molecular weight excluding hydrogens is 214 g/mol. The smallest absolute Gasteiger partial charge is 0.352 e. The van der Waals surface area contributed by atoms with Crippen LogP contribution < -0.4 is 0 Å². The number of carboxylic acids is 1. The number of carboxylic acid groups (broad SMARTS) is 1. The highest BCUT2D eigenvalue weighted by Gasteiger charge is 2.12. The molecule has 0 aliphatic rings. The lowest BCUT2D eigenvalue weighted by Gasteiger charge is -2.01. The van der Waals surface area contributed by atoms with Gasteiger partial charge in [-0.3, -0.25) is 0 Å². The van der Waals surface area contributed by atoms with Crippen molar-refractivity contribution in [2.24, 2.45) is 7.05 Å². The van der Waals surface area contributed by atoms with Crippen molar-refractivity contribution >= 4 is 28.5 Å². The topological polar surface area (TPSA) is 42.2 Å². The van der Waals surface area contributed by atoms with Gasteiger partial charge in [0, 0.05) is 23.0 Å². The summed E-state index contributed by atoms with van der Waals surface area (Å²) in [7, 11) is 1.72. The van der Waals surface area contributed by atoms with Crippen LogP contribution >= 0.6 is 11.6 Å². The van der Waals surface area contributed by atoms with Gasteiger partial charge in [0.15, 0.2) is 0 Å². The van der Waals surface area contributed by atoms with E-state index in [1.165, 1.54) is 0 Å². The Kier molecular flexibility index (Phi) is 2.20. The Labute approximate surface area is 91.9 Å². The molecule has 15 heavy (non-hydrogen) atoms. The molecule has 1 heterocycles. The highest BCUT2D eigenvalue weighted by molar-refractivity contribution is 6.32. The summed E-state index contributed by atoms with van der Waals surface area (Å²) in [6, 6.07) is 5.34. The SMILES string of the molecule is Cc1cc2cc(C(=O)O)n(C)c2cc1Cl. The normalized spacial score (nSPS) is 10.9. The van der Waals surface area contributed by atoms with Gasteiger partial charge >= 0.3 is 5.97 Å². The van der Waals surface area contributed by atoms with Crippen LogP contribution in [0.5, 0.6) is 0 Å². The van der Waals surface area contributed by atoms with Crippen LogP contribution in [0.4, 0.5) is 0 Å². The third-order valence-corrected chi connectivity index (χ3v) is 2.95. The van der Waals surface area contributed by atoms with E-state index in [4.69, 9.17) is 16.7 Å². The van der Waals surface area contributed by atoms with Crippen molar-refractivity contribution in [2.75, 3.05) is 0 Å². The standard InChI is InChI=1S/C11H10ClNO2/c1-6-3-7-4-10(11(14)15)13(2)9(7)5-8(6)12/h3-5H,1-2H3,(H,14,15). The van der Waals surface area contributed by atoms with Crippen molar-refractivity contribution in [3.8, 4) is 0 Å². The molecule has 0 spiro atoms. The first kappa shape index (κ1) is 10.1. The number of aromatic carboxylic acids is 1. The van der Waals surface area contributed by atoms with Gasteiger partial charge in [0.2, 0.25) is 0 Å². The second-order valence-corrected chi connectivity index (χ2v) is 3.96. The Balaban J connectivity index is 2.83. The van der Waals surface area contributed by atoms with Crippen molar-refractivity contribution in [3.63, 3.8) is 0 Å². The summed E-state index contributed by atoms with van der Waals surface area (Å²) in [6.07, 6.45) is 0. The fraction of sp³-hybridized carbons (Fsp3) is 0.182. The summed E-state index contributed by atoms with van der Waals surface area (Å²) in [5.41, 5.74) is 2.06. The van der Waals surface area contributed by atoms with E-state index in [1.54, 1.807) is 23.7 Å². The zero-order valence-corrected chi connectivity index (χ0v) is 9.17. The predicted octanol–water partition coefficient (Wildman–Crippen LogP) is 2.84. The van der Waals surface area contributed by atoms with Crippen LogP contribution in [0.3, 0.4) is 0 Å². The quantitative estimate of drug-likeness (QED) is 0.808. The number of aromatic nitrogens is 1. The number of fused-ring (bicyclic) bond motifs is 1. The number of hydrogen-bond acceptors (Lipinski definition) is 1. The first-order valence-corrected chi connectivity index (χ1v) is 4.87. The van der Waals surface area contributed by atoms with Crippen molar-refractivity contribution in [1.82, 2.24) is 4.57 Å². The molecule has 78 valence electrons. The van der Waals surface area contributed by atoms with Gasteiger partial charge in [0.1, 0.15) is 5.69 Å². The minimum absolute atomic E-state index is 0.270. The molecule has 3 nitrogen and oxygen atoms in total. The Morgan fingerprint density at radius 2 is 2.07 bits per heavy atom. The summed E-state index contributed by atoms with van der Waals surface area (Å²) in [6.45, 7) is 1.90. The van der Waals surface area contributed by atoms with Crippen LogP contribution in [-0.2, 0) is 7.05 Å². The molecule has 2 rings (SSSR count). The average Bonchev–Trinajstić information content (AvgIpc) is 2.46. The highest BCUT2D eigenvalue weighted by Crippen LogP contribution is 2.25. The van der Waals surface area contributed by atoms with E-state index in [0.717, 1.165) is 16.5 Å². The zero-order chi connectivity index (χ0) is 11.2. The Morgan fingerprint density at radius 1 is 1.40 bits per heavy atom. The zero-order valence-electron chi connectivity index (χ0n) is 8.41. The first-order chi connectivity index (χ1) is 7.00. The number of benzene rings is 1. The van der Waals surface area contributed by atoms with Gasteiger partial charge < -0.3 is 9.67 Å². The lowest BCUT2D eigenvalue weighted by molar-refractivity contribution is 0.0687. The predicted molar refractivity (Wildman–Crippen MR) is 59.6 cm³/mol. The van der Waals surface area contributed by atoms with E-state index >= 15 is 0 Å². The highest BCUT2D eigenvalue weighted by atomic mass is 35.5. The van der Waals surface area contributed by atoms with Crippen LogP contribution in [-0.4, -0.2) is 15.6 Å². The maximum Gasteiger partial charge on any atom is 0.352 e. The molecule has 0 aliphatic carbocycles. The molecule has 4 heteroatoms. The monoisotopic (exact) mass is 223 g/mol. The second-order valence-electron chi connectivity index (χ2n) is 3.55. The molecular formula is C11H10ClNO2. The van der Waals surface area contributed by atoms with E-state index < -0.39 is 5.97 Å².